The van der Waals surface area contributed by atoms with Crippen molar-refractivity contribution in [2.24, 2.45) is 5.73 Å². The van der Waals surface area contributed by atoms with Crippen LogP contribution >= 0.6 is 0 Å². The van der Waals surface area contributed by atoms with Gasteiger partial charge in [-0.25, -0.2) is 4.98 Å². The molecule has 0 fully saturated rings. The molecule has 0 aliphatic rings. The number of rotatable bonds is 1. The van der Waals surface area contributed by atoms with Crippen LogP contribution in [0.4, 0.5) is 0 Å². The van der Waals surface area contributed by atoms with Crippen molar-refractivity contribution in [3.8, 4) is 11.8 Å². The van der Waals surface area contributed by atoms with Crippen LogP contribution in [0.25, 0.3) is 0 Å². The highest BCUT2D eigenvalue weighted by Gasteiger charge is 1.88. The average Bonchev–Trinajstić information content (AvgIpc) is 2.08. The van der Waals surface area contributed by atoms with Gasteiger partial charge >= 0.3 is 0 Å². The van der Waals surface area contributed by atoms with Gasteiger partial charge in [-0.3, -0.25) is 4.79 Å². The predicted molar refractivity (Wildman–Crippen MR) is 49.7 cm³/mol. The van der Waals surface area contributed by atoms with Crippen LogP contribution in [0.15, 0.2) is 18.3 Å². The van der Waals surface area contributed by atoms with Crippen LogP contribution in [0.3, 0.4) is 0 Å². The Kier molecular flexibility index (Phi) is 3.04. The fraction of sp³-hybridized carbons (Fsp3) is 0.200. The number of nitrogens with zero attached hydrogens (tertiary/aromatic N) is 1. The molecule has 1 aromatic heterocycles. The molecule has 0 aromatic carbocycles. The fourth-order valence-electron chi connectivity index (χ4n) is 0.764. The van der Waals surface area contributed by atoms with Crippen molar-refractivity contribution in [2.45, 2.75) is 13.3 Å². The predicted octanol–water partition coefficient (Wildman–Crippen LogP) is 0.617. The third-order valence-electron chi connectivity index (χ3n) is 1.39. The Morgan fingerprint density at radius 2 is 2.38 bits per heavy atom. The first-order valence-corrected chi connectivity index (χ1v) is 3.88. The molecule has 0 atom stereocenters. The van der Waals surface area contributed by atoms with E-state index in [2.05, 4.69) is 16.8 Å². The summed E-state index contributed by atoms with van der Waals surface area (Å²) in [5, 5.41) is 0. The van der Waals surface area contributed by atoms with E-state index >= 15 is 0 Å². The minimum Gasteiger partial charge on any atom is -0.369 e. The molecule has 1 aromatic rings. The van der Waals surface area contributed by atoms with Gasteiger partial charge in [0.2, 0.25) is 5.91 Å². The Morgan fingerprint density at radius 1 is 1.62 bits per heavy atom. The second kappa shape index (κ2) is 4.27. The van der Waals surface area contributed by atoms with Crippen molar-refractivity contribution in [3.63, 3.8) is 0 Å². The Labute approximate surface area is 77.0 Å². The second-order valence-electron chi connectivity index (χ2n) is 2.67. The zero-order valence-corrected chi connectivity index (χ0v) is 7.37. The molecule has 0 radical (unpaired) electrons. The summed E-state index contributed by atoms with van der Waals surface area (Å²) in [6, 6.07) is 3.73. The smallest absolute Gasteiger partial charge is 0.229 e. The summed E-state index contributed by atoms with van der Waals surface area (Å²) in [4.78, 5) is 14.4. The van der Waals surface area contributed by atoms with Crippen LogP contribution in [0.2, 0.25) is 0 Å². The number of nitrogens with two attached hydrogens (primary N) is 1. The lowest BCUT2D eigenvalue weighted by Crippen LogP contribution is -2.08. The summed E-state index contributed by atoms with van der Waals surface area (Å²) < 4.78 is 0. The van der Waals surface area contributed by atoms with Crippen LogP contribution in [-0.2, 0) is 4.79 Å². The summed E-state index contributed by atoms with van der Waals surface area (Å²) in [5.41, 5.74) is 6.66. The second-order valence-corrected chi connectivity index (χ2v) is 2.67. The monoisotopic (exact) mass is 174 g/mol. The normalized spacial score (nSPS) is 8.69. The SMILES string of the molecule is Cc1ccc(C#CCC(N)=O)nc1. The molecule has 66 valence electrons. The minimum absolute atomic E-state index is 0.0789. The number of carbonyl (C=O) groups is 1. The molecule has 2 N–H and O–H groups in total. The fourth-order valence-corrected chi connectivity index (χ4v) is 0.764. The molecule has 0 aliphatic carbocycles. The van der Waals surface area contributed by atoms with Crippen LogP contribution in [0.1, 0.15) is 17.7 Å². The number of carbonyl (C=O) groups excluding carboxylic acids is 1. The van der Waals surface area contributed by atoms with Gasteiger partial charge in [-0.15, -0.1) is 0 Å². The first-order valence-electron chi connectivity index (χ1n) is 3.88. The van der Waals surface area contributed by atoms with Crippen molar-refractivity contribution in [3.05, 3.63) is 29.6 Å². The lowest BCUT2D eigenvalue weighted by Gasteiger charge is -1.90. The van der Waals surface area contributed by atoms with Gasteiger partial charge in [0.15, 0.2) is 0 Å². The lowest BCUT2D eigenvalue weighted by atomic mass is 10.3. The molecule has 0 saturated heterocycles. The number of hydrogen-bond donors (Lipinski definition) is 1. The number of primary amides is 1. The molecule has 3 nitrogen and oxygen atoms in total. The highest BCUT2D eigenvalue weighted by Crippen LogP contribution is 1.96. The van der Waals surface area contributed by atoms with E-state index in [1.165, 1.54) is 0 Å². The van der Waals surface area contributed by atoms with Crippen LogP contribution in [0.5, 0.6) is 0 Å². The molecule has 1 heterocycles. The molecule has 0 bridgehead atoms. The van der Waals surface area contributed by atoms with Gasteiger partial charge in [0.1, 0.15) is 5.69 Å². The molecular weight excluding hydrogens is 164 g/mol. The summed E-state index contributed by atoms with van der Waals surface area (Å²) in [6.45, 7) is 1.95. The van der Waals surface area contributed by atoms with Crippen LogP contribution in [-0.4, -0.2) is 10.9 Å². The lowest BCUT2D eigenvalue weighted by molar-refractivity contribution is -0.117. The Bertz CT molecular complexity index is 357. The Morgan fingerprint density at radius 3 is 2.92 bits per heavy atom. The zero-order valence-electron chi connectivity index (χ0n) is 7.37. The van der Waals surface area contributed by atoms with Crippen molar-refractivity contribution >= 4 is 5.91 Å². The third-order valence-corrected chi connectivity index (χ3v) is 1.39. The third kappa shape index (κ3) is 3.39. The maximum atomic E-state index is 10.3. The molecule has 3 heteroatoms. The van der Waals surface area contributed by atoms with Crippen LogP contribution in [0, 0.1) is 18.8 Å². The average molecular weight is 174 g/mol. The quantitative estimate of drug-likeness (QED) is 0.634. The number of aryl methyl sites for hydroxylation is 1. The number of hydrogen-bond acceptors (Lipinski definition) is 2. The maximum Gasteiger partial charge on any atom is 0.229 e. The molecule has 0 saturated carbocycles. The summed E-state index contributed by atoms with van der Waals surface area (Å²) >= 11 is 0. The highest BCUT2D eigenvalue weighted by molar-refractivity contribution is 5.76. The maximum absolute atomic E-state index is 10.3. The van der Waals surface area contributed by atoms with E-state index in [1.807, 2.05) is 19.1 Å². The van der Waals surface area contributed by atoms with E-state index in [9.17, 15) is 4.79 Å². The molecule has 0 spiro atoms. The van der Waals surface area contributed by atoms with Gasteiger partial charge in [0.25, 0.3) is 0 Å². The topological polar surface area (TPSA) is 56.0 Å². The molecule has 1 rings (SSSR count). The van der Waals surface area contributed by atoms with E-state index in [0.29, 0.717) is 5.69 Å². The van der Waals surface area contributed by atoms with Gasteiger partial charge in [0.05, 0.1) is 6.42 Å². The number of aromatic nitrogens is 1. The standard InChI is InChI=1S/C10H10N2O/c1-8-5-6-9(12-7-8)3-2-4-10(11)13/h5-7H,4H2,1H3,(H2,11,13). The Balaban J connectivity index is 2.67. The summed E-state index contributed by atoms with van der Waals surface area (Å²) in [7, 11) is 0. The van der Waals surface area contributed by atoms with Gasteiger partial charge in [-0.05, 0) is 24.5 Å². The molecular formula is C10H10N2O. The van der Waals surface area contributed by atoms with Crippen molar-refractivity contribution in [2.75, 3.05) is 0 Å². The Hall–Kier alpha value is -1.82. The zero-order chi connectivity index (χ0) is 9.68. The minimum atomic E-state index is -0.417. The van der Waals surface area contributed by atoms with E-state index < -0.39 is 5.91 Å². The van der Waals surface area contributed by atoms with Gasteiger partial charge in [-0.1, -0.05) is 12.0 Å². The van der Waals surface area contributed by atoms with Crippen molar-refractivity contribution < 1.29 is 4.79 Å². The van der Waals surface area contributed by atoms with E-state index in [1.54, 1.807) is 6.20 Å². The molecule has 0 unspecified atom stereocenters. The number of amides is 1. The van der Waals surface area contributed by atoms with Crippen molar-refractivity contribution in [1.82, 2.24) is 4.98 Å². The largest absolute Gasteiger partial charge is 0.369 e. The van der Waals surface area contributed by atoms with Gasteiger partial charge in [-0.2, -0.15) is 0 Å². The highest BCUT2D eigenvalue weighted by atomic mass is 16.1. The first kappa shape index (κ1) is 9.27. The van der Waals surface area contributed by atoms with Crippen LogP contribution < -0.4 is 5.73 Å². The molecule has 1 amide bonds. The van der Waals surface area contributed by atoms with Gasteiger partial charge in [0, 0.05) is 6.20 Å². The summed E-state index contributed by atoms with van der Waals surface area (Å²) in [6.07, 6.45) is 1.81. The van der Waals surface area contributed by atoms with E-state index in [0.717, 1.165) is 5.56 Å². The van der Waals surface area contributed by atoms with E-state index in [4.69, 9.17) is 5.73 Å². The molecule has 13 heavy (non-hydrogen) atoms. The summed E-state index contributed by atoms with van der Waals surface area (Å²) in [5.74, 6) is 4.96. The van der Waals surface area contributed by atoms with E-state index in [-0.39, 0.29) is 6.42 Å². The number of pyridine rings is 1. The molecule has 0 aliphatic heterocycles. The first-order chi connectivity index (χ1) is 6.18. The van der Waals surface area contributed by atoms with Crippen molar-refractivity contribution in [1.29, 1.82) is 0 Å². The van der Waals surface area contributed by atoms with Gasteiger partial charge < -0.3 is 5.73 Å².